The van der Waals surface area contributed by atoms with Crippen LogP contribution >= 0.6 is 0 Å². The third kappa shape index (κ3) is 2.47. The molecule has 224 valence electrons. The third-order valence-electron chi connectivity index (χ3n) is 12.6. The van der Waals surface area contributed by atoms with E-state index in [1.807, 2.05) is 0 Å². The average molecular weight is 627 g/mol. The van der Waals surface area contributed by atoms with Crippen LogP contribution in [-0.2, 0) is 0 Å². The molecule has 0 amide bonds. The van der Waals surface area contributed by atoms with Gasteiger partial charge in [-0.15, -0.1) is 0 Å². The van der Waals surface area contributed by atoms with Crippen molar-refractivity contribution in [3.8, 4) is 11.1 Å². The maximum absolute atomic E-state index is 13.7. The molecule has 0 aliphatic carbocycles. The highest BCUT2D eigenvalue weighted by Crippen LogP contribution is 2.54. The molecule has 1 nitrogen and oxygen atoms in total. The normalized spacial score (nSPS) is 13.3. The van der Waals surface area contributed by atoms with Crippen LogP contribution in [0.4, 0.5) is 0 Å². The number of carbonyl (C=O) groups excluding carboxylic acids is 1. The first-order chi connectivity index (χ1) is 24.8. The molecule has 1 heteroatoms. The molecular formula is C49H22O. The second-order valence-electron chi connectivity index (χ2n) is 14.6. The van der Waals surface area contributed by atoms with Crippen LogP contribution in [0.5, 0.6) is 0 Å². The molecule has 0 spiro atoms. The molecule has 0 aliphatic rings. The van der Waals surface area contributed by atoms with Gasteiger partial charge in [0.1, 0.15) is 0 Å². The van der Waals surface area contributed by atoms with E-state index in [-0.39, 0.29) is 0 Å². The minimum atomic E-state index is 0.775. The van der Waals surface area contributed by atoms with E-state index in [1.165, 1.54) is 118 Å². The second kappa shape index (κ2) is 7.83. The molecule has 14 rings (SSSR count). The quantitative estimate of drug-likeness (QED) is 0.106. The highest BCUT2D eigenvalue weighted by Gasteiger charge is 2.27. The first kappa shape index (κ1) is 24.6. The van der Waals surface area contributed by atoms with Crippen LogP contribution in [0.15, 0.2) is 127 Å². The van der Waals surface area contributed by atoms with Crippen LogP contribution in [0, 0.1) is 0 Å². The van der Waals surface area contributed by atoms with Gasteiger partial charge in [0.05, 0.1) is 0 Å². The van der Waals surface area contributed by atoms with E-state index in [9.17, 15) is 4.79 Å². The number of carbonyl (C=O) groups is 1. The van der Waals surface area contributed by atoms with Gasteiger partial charge in [-0.05, 0) is 141 Å². The van der Waals surface area contributed by atoms with Crippen molar-refractivity contribution in [2.75, 3.05) is 0 Å². The van der Waals surface area contributed by atoms with E-state index in [1.54, 1.807) is 0 Å². The standard InChI is InChI=1S/C49H22O/c50-22-36-33-19-16-29-11-8-25-4-5-26-9-12-30-17-20-34(49-44(30)40(26)39(25)43(29)48(33)49)46(36)35-21-31-14-13-27-6-2-23-1-3-24-7-10-28-15-18-32(35)47-42(28)38(24)37(23)41(27)45(31)47/h1-22H. The Balaban J connectivity index is 1.29. The van der Waals surface area contributed by atoms with Crippen molar-refractivity contribution >= 4 is 136 Å². The minimum Gasteiger partial charge on any atom is -0.298 e. The van der Waals surface area contributed by atoms with Crippen LogP contribution in [0.2, 0.25) is 0 Å². The summed E-state index contributed by atoms with van der Waals surface area (Å²) in [6, 6.07) is 47.8. The van der Waals surface area contributed by atoms with Crippen LogP contribution < -0.4 is 0 Å². The predicted octanol–water partition coefficient (Wildman–Crippen LogP) is 13.6. The van der Waals surface area contributed by atoms with Gasteiger partial charge in [0.2, 0.25) is 0 Å². The first-order valence-electron chi connectivity index (χ1n) is 17.5. The second-order valence-corrected chi connectivity index (χ2v) is 14.6. The van der Waals surface area contributed by atoms with E-state index in [0.29, 0.717) is 0 Å². The lowest BCUT2D eigenvalue weighted by atomic mass is 9.77. The summed E-state index contributed by atoms with van der Waals surface area (Å²) in [4.78, 5) is 13.7. The minimum absolute atomic E-state index is 0.775. The molecule has 0 unspecified atom stereocenters. The molecule has 0 N–H and O–H groups in total. The van der Waals surface area contributed by atoms with E-state index in [0.717, 1.165) is 33.7 Å². The van der Waals surface area contributed by atoms with Crippen molar-refractivity contribution in [2.45, 2.75) is 0 Å². The Morgan fingerprint density at radius 2 is 0.560 bits per heavy atom. The predicted molar refractivity (Wildman–Crippen MR) is 214 cm³/mol. The van der Waals surface area contributed by atoms with Gasteiger partial charge in [-0.25, -0.2) is 0 Å². The maximum Gasteiger partial charge on any atom is 0.151 e. The molecule has 0 heterocycles. The van der Waals surface area contributed by atoms with Crippen LogP contribution in [0.1, 0.15) is 10.4 Å². The summed E-state index contributed by atoms with van der Waals surface area (Å²) in [5.74, 6) is 0. The van der Waals surface area contributed by atoms with Crippen LogP contribution in [-0.4, -0.2) is 6.29 Å². The summed E-state index contributed by atoms with van der Waals surface area (Å²) in [5.41, 5.74) is 2.94. The molecule has 0 saturated carbocycles. The fraction of sp³-hybridized carbons (Fsp3) is 0. The lowest BCUT2D eigenvalue weighted by molar-refractivity contribution is 0.112. The molecular weight excluding hydrogens is 605 g/mol. The summed E-state index contributed by atoms with van der Waals surface area (Å²) in [6.45, 7) is 0. The Hall–Kier alpha value is -6.57. The summed E-state index contributed by atoms with van der Waals surface area (Å²) < 4.78 is 0. The Labute approximate surface area is 283 Å². The lowest BCUT2D eigenvalue weighted by Gasteiger charge is -2.25. The lowest BCUT2D eigenvalue weighted by Crippen LogP contribution is -1.99. The van der Waals surface area contributed by atoms with E-state index in [4.69, 9.17) is 0 Å². The zero-order valence-corrected chi connectivity index (χ0v) is 26.6. The zero-order chi connectivity index (χ0) is 32.1. The number of aldehydes is 1. The summed E-state index contributed by atoms with van der Waals surface area (Å²) in [7, 11) is 0. The van der Waals surface area contributed by atoms with Crippen molar-refractivity contribution in [3.05, 3.63) is 133 Å². The van der Waals surface area contributed by atoms with Crippen molar-refractivity contribution in [1.29, 1.82) is 0 Å². The van der Waals surface area contributed by atoms with Gasteiger partial charge in [0, 0.05) is 11.1 Å². The monoisotopic (exact) mass is 626 g/mol. The highest BCUT2D eigenvalue weighted by atomic mass is 16.1. The van der Waals surface area contributed by atoms with E-state index in [2.05, 4.69) is 127 Å². The summed E-state index contributed by atoms with van der Waals surface area (Å²) in [5, 5.41) is 30.4. The number of benzene rings is 14. The van der Waals surface area contributed by atoms with Crippen LogP contribution in [0.25, 0.3) is 140 Å². The van der Waals surface area contributed by atoms with Gasteiger partial charge in [-0.1, -0.05) is 121 Å². The first-order valence-corrected chi connectivity index (χ1v) is 17.5. The smallest absolute Gasteiger partial charge is 0.151 e. The summed E-state index contributed by atoms with van der Waals surface area (Å²) in [6.07, 6.45) is 1.13. The van der Waals surface area contributed by atoms with Gasteiger partial charge < -0.3 is 0 Å². The van der Waals surface area contributed by atoms with E-state index < -0.39 is 0 Å². The topological polar surface area (TPSA) is 17.1 Å². The third-order valence-corrected chi connectivity index (χ3v) is 12.6. The molecule has 0 fully saturated rings. The molecule has 0 bridgehead atoms. The van der Waals surface area contributed by atoms with Gasteiger partial charge >= 0.3 is 0 Å². The molecule has 14 aromatic rings. The SMILES string of the molecule is O=Cc1c(-c2cc3ccc4ccc5ccc6ccc7ccc2c2c7c6c5c4c32)c2ccc3ccc4ccc5ccc6ccc1c1c6c5c4c3c21. The molecule has 0 aliphatic heterocycles. The molecule has 0 radical (unpaired) electrons. The van der Waals surface area contributed by atoms with Gasteiger partial charge in [-0.2, -0.15) is 0 Å². The fourth-order valence-corrected chi connectivity index (χ4v) is 10.7. The van der Waals surface area contributed by atoms with Crippen LogP contribution in [0.3, 0.4) is 0 Å². The number of rotatable bonds is 2. The Morgan fingerprint density at radius 3 is 0.980 bits per heavy atom. The van der Waals surface area contributed by atoms with Crippen molar-refractivity contribution in [3.63, 3.8) is 0 Å². The van der Waals surface area contributed by atoms with Gasteiger partial charge in [-0.3, -0.25) is 4.79 Å². The van der Waals surface area contributed by atoms with Gasteiger partial charge in [0.15, 0.2) is 6.29 Å². The fourth-order valence-electron chi connectivity index (χ4n) is 10.7. The molecule has 14 aromatic carbocycles. The number of hydrogen-bond acceptors (Lipinski definition) is 1. The Kier molecular flexibility index (Phi) is 3.85. The molecule has 0 saturated heterocycles. The molecule has 0 atom stereocenters. The average Bonchev–Trinajstić information content (AvgIpc) is 3.17. The van der Waals surface area contributed by atoms with Gasteiger partial charge in [0.25, 0.3) is 0 Å². The number of hydrogen-bond donors (Lipinski definition) is 0. The van der Waals surface area contributed by atoms with E-state index >= 15 is 0 Å². The Morgan fingerprint density at radius 1 is 0.280 bits per heavy atom. The maximum atomic E-state index is 13.7. The van der Waals surface area contributed by atoms with Crippen molar-refractivity contribution < 1.29 is 4.79 Å². The van der Waals surface area contributed by atoms with Crippen molar-refractivity contribution in [2.24, 2.45) is 0 Å². The van der Waals surface area contributed by atoms with Crippen molar-refractivity contribution in [1.82, 2.24) is 0 Å². The summed E-state index contributed by atoms with van der Waals surface area (Å²) >= 11 is 0. The molecule has 0 aromatic heterocycles. The zero-order valence-electron chi connectivity index (χ0n) is 26.6. The molecule has 50 heavy (non-hydrogen) atoms. The highest BCUT2D eigenvalue weighted by molar-refractivity contribution is 6.49. The largest absolute Gasteiger partial charge is 0.298 e. The Bertz CT molecular complexity index is 3700.